The Morgan fingerprint density at radius 1 is 1.40 bits per heavy atom. The molecule has 1 heterocycles. The maximum absolute atomic E-state index is 13.4. The molecular formula is C13H13F2N3O2. The number of anilines is 1. The van der Waals surface area contributed by atoms with Crippen LogP contribution >= 0.6 is 0 Å². The third-order valence-corrected chi connectivity index (χ3v) is 2.79. The standard InChI is InChI=1S/C13H13F2N3O2/c1-18-4-3-17-12(18)2-5-20-13(19)8-6-11(16)10(15)7-9(8)14/h3-4,6-7H,2,5,16H2,1H3. The SMILES string of the molecule is Cn1ccnc1CCOC(=O)c1cc(N)c(F)cc1F. The molecule has 0 spiro atoms. The molecule has 0 saturated carbocycles. The third kappa shape index (κ3) is 2.93. The van der Waals surface area contributed by atoms with Crippen molar-refractivity contribution in [2.24, 2.45) is 7.05 Å². The number of ether oxygens (including phenoxy) is 1. The first-order valence-corrected chi connectivity index (χ1v) is 5.87. The van der Waals surface area contributed by atoms with Crippen molar-refractivity contribution in [2.75, 3.05) is 12.3 Å². The predicted octanol–water partition coefficient (Wildman–Crippen LogP) is 1.68. The van der Waals surface area contributed by atoms with E-state index < -0.39 is 17.6 Å². The van der Waals surface area contributed by atoms with Gasteiger partial charge >= 0.3 is 5.97 Å². The largest absolute Gasteiger partial charge is 0.462 e. The van der Waals surface area contributed by atoms with Gasteiger partial charge in [0, 0.05) is 31.9 Å². The number of imidazole rings is 1. The highest BCUT2D eigenvalue weighted by Gasteiger charge is 2.16. The fraction of sp³-hybridized carbons (Fsp3) is 0.231. The number of aryl methyl sites for hydroxylation is 1. The smallest absolute Gasteiger partial charge is 0.341 e. The van der Waals surface area contributed by atoms with Crippen molar-refractivity contribution in [1.29, 1.82) is 0 Å². The maximum atomic E-state index is 13.4. The summed E-state index contributed by atoms with van der Waals surface area (Å²) in [6.45, 7) is 0.0421. The summed E-state index contributed by atoms with van der Waals surface area (Å²) in [6, 6.07) is 1.48. The molecule has 2 rings (SSSR count). The summed E-state index contributed by atoms with van der Waals surface area (Å²) in [6.07, 6.45) is 3.78. The maximum Gasteiger partial charge on any atom is 0.341 e. The Morgan fingerprint density at radius 2 is 2.15 bits per heavy atom. The minimum absolute atomic E-state index is 0.0421. The molecule has 0 atom stereocenters. The van der Waals surface area contributed by atoms with Crippen LogP contribution in [-0.2, 0) is 18.2 Å². The van der Waals surface area contributed by atoms with Gasteiger partial charge in [0.2, 0.25) is 0 Å². The van der Waals surface area contributed by atoms with Gasteiger partial charge in [0.1, 0.15) is 17.5 Å². The van der Waals surface area contributed by atoms with Crippen molar-refractivity contribution in [3.05, 3.63) is 47.5 Å². The minimum atomic E-state index is -1.00. The zero-order valence-electron chi connectivity index (χ0n) is 10.8. The lowest BCUT2D eigenvalue weighted by Gasteiger charge is -2.07. The Labute approximate surface area is 114 Å². The van der Waals surface area contributed by atoms with Crippen molar-refractivity contribution in [2.45, 2.75) is 6.42 Å². The third-order valence-electron chi connectivity index (χ3n) is 2.79. The number of hydrogen-bond donors (Lipinski definition) is 1. The summed E-state index contributed by atoms with van der Waals surface area (Å²) >= 11 is 0. The van der Waals surface area contributed by atoms with Crippen LogP contribution in [0.4, 0.5) is 14.5 Å². The summed E-state index contributed by atoms with van der Waals surface area (Å²) < 4.78 is 33.1. The topological polar surface area (TPSA) is 70.1 Å². The molecule has 0 radical (unpaired) electrons. The van der Waals surface area contributed by atoms with E-state index in [1.807, 2.05) is 7.05 Å². The predicted molar refractivity (Wildman–Crippen MR) is 68.0 cm³/mol. The van der Waals surface area contributed by atoms with Gasteiger partial charge in [-0.15, -0.1) is 0 Å². The molecule has 1 aromatic heterocycles. The lowest BCUT2D eigenvalue weighted by molar-refractivity contribution is 0.0501. The van der Waals surface area contributed by atoms with Crippen molar-refractivity contribution in [3.8, 4) is 0 Å². The second-order valence-corrected chi connectivity index (χ2v) is 4.19. The van der Waals surface area contributed by atoms with E-state index in [9.17, 15) is 13.6 Å². The van der Waals surface area contributed by atoms with Gasteiger partial charge in [-0.1, -0.05) is 0 Å². The zero-order chi connectivity index (χ0) is 14.7. The number of aromatic nitrogens is 2. The molecular weight excluding hydrogens is 268 g/mol. The molecule has 1 aromatic carbocycles. The highest BCUT2D eigenvalue weighted by molar-refractivity contribution is 5.90. The van der Waals surface area contributed by atoms with Gasteiger partial charge in [-0.2, -0.15) is 0 Å². The fourth-order valence-corrected chi connectivity index (χ4v) is 1.67. The van der Waals surface area contributed by atoms with Gasteiger partial charge in [0.05, 0.1) is 17.9 Å². The van der Waals surface area contributed by atoms with Gasteiger partial charge in [-0.05, 0) is 6.07 Å². The van der Waals surface area contributed by atoms with Gasteiger partial charge in [0.15, 0.2) is 0 Å². The highest BCUT2D eigenvalue weighted by Crippen LogP contribution is 2.17. The van der Waals surface area contributed by atoms with Crippen LogP contribution in [0.3, 0.4) is 0 Å². The number of esters is 1. The Bertz CT molecular complexity index is 641. The molecule has 5 nitrogen and oxygen atoms in total. The molecule has 0 fully saturated rings. The molecule has 0 amide bonds. The van der Waals surface area contributed by atoms with Gasteiger partial charge in [-0.25, -0.2) is 18.6 Å². The van der Waals surface area contributed by atoms with E-state index in [2.05, 4.69) is 4.98 Å². The first kappa shape index (κ1) is 14.0. The lowest BCUT2D eigenvalue weighted by Crippen LogP contribution is -2.12. The number of halogens is 2. The summed E-state index contributed by atoms with van der Waals surface area (Å²) in [4.78, 5) is 15.7. The zero-order valence-corrected chi connectivity index (χ0v) is 10.8. The van der Waals surface area contributed by atoms with Crippen LogP contribution in [0.5, 0.6) is 0 Å². The van der Waals surface area contributed by atoms with Crippen LogP contribution in [0.25, 0.3) is 0 Å². The Morgan fingerprint density at radius 3 is 2.80 bits per heavy atom. The van der Waals surface area contributed by atoms with Crippen LogP contribution in [-0.4, -0.2) is 22.1 Å². The summed E-state index contributed by atoms with van der Waals surface area (Å²) in [5, 5.41) is 0. The van der Waals surface area contributed by atoms with E-state index in [1.165, 1.54) is 0 Å². The molecule has 20 heavy (non-hydrogen) atoms. The highest BCUT2D eigenvalue weighted by atomic mass is 19.1. The molecule has 0 aliphatic rings. The van der Waals surface area contributed by atoms with E-state index in [-0.39, 0.29) is 17.9 Å². The van der Waals surface area contributed by atoms with Crippen LogP contribution in [0.2, 0.25) is 0 Å². The second-order valence-electron chi connectivity index (χ2n) is 4.19. The monoisotopic (exact) mass is 281 g/mol. The first-order chi connectivity index (χ1) is 9.49. The molecule has 0 aliphatic heterocycles. The molecule has 2 aromatic rings. The van der Waals surface area contributed by atoms with E-state index >= 15 is 0 Å². The average molecular weight is 281 g/mol. The average Bonchev–Trinajstić information content (AvgIpc) is 2.79. The molecule has 7 heteroatoms. The lowest BCUT2D eigenvalue weighted by atomic mass is 10.2. The van der Waals surface area contributed by atoms with Crippen LogP contribution < -0.4 is 5.73 Å². The van der Waals surface area contributed by atoms with Gasteiger partial charge in [0.25, 0.3) is 0 Å². The van der Waals surface area contributed by atoms with Crippen molar-refractivity contribution < 1.29 is 18.3 Å². The minimum Gasteiger partial charge on any atom is -0.462 e. The number of carbonyl (C=O) groups excluding carboxylic acids is 1. The number of rotatable bonds is 4. The molecule has 0 bridgehead atoms. The normalized spacial score (nSPS) is 10.6. The quantitative estimate of drug-likeness (QED) is 0.683. The van der Waals surface area contributed by atoms with E-state index in [0.29, 0.717) is 12.5 Å². The fourth-order valence-electron chi connectivity index (χ4n) is 1.67. The van der Waals surface area contributed by atoms with Gasteiger partial charge in [-0.3, -0.25) is 0 Å². The number of carbonyl (C=O) groups is 1. The van der Waals surface area contributed by atoms with Crippen LogP contribution in [0.15, 0.2) is 24.5 Å². The molecule has 0 unspecified atom stereocenters. The van der Waals surface area contributed by atoms with Crippen molar-refractivity contribution in [1.82, 2.24) is 9.55 Å². The van der Waals surface area contributed by atoms with Crippen LogP contribution in [0.1, 0.15) is 16.2 Å². The molecule has 106 valence electrons. The number of nitrogen functional groups attached to an aromatic ring is 1. The first-order valence-electron chi connectivity index (χ1n) is 5.87. The number of nitrogens with zero attached hydrogens (tertiary/aromatic N) is 2. The Kier molecular flexibility index (Phi) is 3.97. The van der Waals surface area contributed by atoms with E-state index in [4.69, 9.17) is 10.5 Å². The Hall–Kier alpha value is -2.44. The molecule has 0 aliphatic carbocycles. The van der Waals surface area contributed by atoms with E-state index in [1.54, 1.807) is 17.0 Å². The number of benzene rings is 1. The summed E-state index contributed by atoms with van der Waals surface area (Å²) in [5.41, 5.74) is 4.60. The van der Waals surface area contributed by atoms with Crippen LogP contribution in [0, 0.1) is 11.6 Å². The van der Waals surface area contributed by atoms with Gasteiger partial charge < -0.3 is 15.0 Å². The molecule has 2 N–H and O–H groups in total. The number of nitrogens with two attached hydrogens (primary N) is 1. The van der Waals surface area contributed by atoms with Crippen molar-refractivity contribution >= 4 is 11.7 Å². The molecule has 0 saturated heterocycles. The number of hydrogen-bond acceptors (Lipinski definition) is 4. The Balaban J connectivity index is 1.99. The van der Waals surface area contributed by atoms with E-state index in [0.717, 1.165) is 11.9 Å². The van der Waals surface area contributed by atoms with Crippen molar-refractivity contribution in [3.63, 3.8) is 0 Å². The summed E-state index contributed by atoms with van der Waals surface area (Å²) in [5.74, 6) is -2.06. The second kappa shape index (κ2) is 5.68. The summed E-state index contributed by atoms with van der Waals surface area (Å²) in [7, 11) is 1.81.